The fourth-order valence-electron chi connectivity index (χ4n) is 6.07. The second kappa shape index (κ2) is 14.6. The van der Waals surface area contributed by atoms with E-state index in [9.17, 15) is 24.0 Å². The van der Waals surface area contributed by atoms with Gasteiger partial charge in [-0.25, -0.2) is 4.79 Å². The van der Waals surface area contributed by atoms with Crippen LogP contribution in [0.3, 0.4) is 0 Å². The fourth-order valence-corrected chi connectivity index (χ4v) is 6.59. The molecule has 5 atom stereocenters. The summed E-state index contributed by atoms with van der Waals surface area (Å²) in [6, 6.07) is 1.66. The van der Waals surface area contributed by atoms with Crippen molar-refractivity contribution in [3.63, 3.8) is 0 Å². The summed E-state index contributed by atoms with van der Waals surface area (Å²) < 4.78 is 10.8. The van der Waals surface area contributed by atoms with Crippen molar-refractivity contribution < 1.29 is 38.3 Å². The number of carbonyl (C=O) groups excluding carboxylic acids is 5. The van der Waals surface area contributed by atoms with Crippen LogP contribution in [0.1, 0.15) is 71.8 Å². The molecule has 48 heavy (non-hydrogen) atoms. The van der Waals surface area contributed by atoms with E-state index in [1.807, 2.05) is 6.92 Å². The van der Waals surface area contributed by atoms with Crippen LogP contribution in [-0.2, 0) is 33.5 Å². The average Bonchev–Trinajstić information content (AvgIpc) is 3.37. The zero-order valence-corrected chi connectivity index (χ0v) is 29.0. The molecule has 3 heterocycles. The Balaban J connectivity index is 1.42. The number of hydrogen-bond donors (Lipinski definition) is 4. The lowest BCUT2D eigenvalue weighted by molar-refractivity contribution is -0.144. The Kier molecular flexibility index (Phi) is 10.9. The third-order valence-electron chi connectivity index (χ3n) is 8.77. The van der Waals surface area contributed by atoms with Crippen LogP contribution in [-0.4, -0.2) is 90.1 Å². The van der Waals surface area contributed by atoms with Gasteiger partial charge in [-0.1, -0.05) is 57.3 Å². The number of carbonyl (C=O) groups is 5. The number of ketones is 1. The number of benzene rings is 1. The van der Waals surface area contributed by atoms with Gasteiger partial charge in [0.2, 0.25) is 17.6 Å². The number of nitrogens with one attached hydrogen (secondary N) is 4. The Morgan fingerprint density at radius 3 is 2.40 bits per heavy atom. The normalized spacial score (nSPS) is 24.8. The summed E-state index contributed by atoms with van der Waals surface area (Å²) in [5.74, 6) is -2.65. The molecule has 0 aromatic heterocycles. The molecule has 0 bridgehead atoms. The third kappa shape index (κ3) is 8.60. The van der Waals surface area contributed by atoms with Crippen LogP contribution < -0.4 is 21.4 Å². The largest absolute Gasteiger partial charge is 0.444 e. The third-order valence-corrected chi connectivity index (χ3v) is 9.20. The maximum Gasteiger partial charge on any atom is 0.408 e. The van der Waals surface area contributed by atoms with Crippen molar-refractivity contribution in [2.45, 2.75) is 102 Å². The van der Waals surface area contributed by atoms with E-state index in [1.54, 1.807) is 45.0 Å². The zero-order chi connectivity index (χ0) is 34.8. The van der Waals surface area contributed by atoms with Crippen molar-refractivity contribution in [2.75, 3.05) is 19.8 Å². The fraction of sp³-hybridized carbons (Fsp3) is 0.606. The first kappa shape index (κ1) is 35.9. The van der Waals surface area contributed by atoms with E-state index in [0.717, 1.165) is 12.8 Å². The van der Waals surface area contributed by atoms with Crippen LogP contribution in [0.4, 0.5) is 4.79 Å². The maximum atomic E-state index is 14.4. The summed E-state index contributed by atoms with van der Waals surface area (Å²) in [7, 11) is 0. The first-order valence-corrected chi connectivity index (χ1v) is 17.1. The number of rotatable bonds is 11. The van der Waals surface area contributed by atoms with Crippen LogP contribution in [0, 0.1) is 5.41 Å². The average molecular weight is 709 g/mol. The highest BCUT2D eigenvalue weighted by Crippen LogP contribution is 2.39. The number of halogens is 2. The van der Waals surface area contributed by atoms with Crippen molar-refractivity contribution in [3.05, 3.63) is 39.9 Å². The van der Waals surface area contributed by atoms with Gasteiger partial charge in [0.25, 0.3) is 5.91 Å². The summed E-state index contributed by atoms with van der Waals surface area (Å²) in [6.07, 6.45) is 3.49. The van der Waals surface area contributed by atoms with Crippen LogP contribution >= 0.6 is 23.2 Å². The van der Waals surface area contributed by atoms with E-state index in [2.05, 4.69) is 21.4 Å². The van der Waals surface area contributed by atoms with Gasteiger partial charge in [0.1, 0.15) is 23.8 Å². The van der Waals surface area contributed by atoms with E-state index in [0.29, 0.717) is 40.8 Å². The summed E-state index contributed by atoms with van der Waals surface area (Å²) in [6.45, 7) is 7.89. The van der Waals surface area contributed by atoms with Gasteiger partial charge in [-0.05, 0) is 49.0 Å². The quantitative estimate of drug-likeness (QED) is 0.253. The van der Waals surface area contributed by atoms with Gasteiger partial charge in [-0.15, -0.1) is 0 Å². The first-order chi connectivity index (χ1) is 22.7. The number of nitrogens with zero attached hydrogens (tertiary/aromatic N) is 1. The summed E-state index contributed by atoms with van der Waals surface area (Å²) in [5.41, 5.74) is 2.11. The smallest absolute Gasteiger partial charge is 0.408 e. The lowest BCUT2D eigenvalue weighted by Crippen LogP contribution is -2.59. The molecule has 4 amide bonds. The molecule has 1 aliphatic carbocycles. The van der Waals surface area contributed by atoms with E-state index in [1.165, 1.54) is 4.90 Å². The predicted molar refractivity (Wildman–Crippen MR) is 177 cm³/mol. The van der Waals surface area contributed by atoms with E-state index >= 15 is 0 Å². The van der Waals surface area contributed by atoms with E-state index < -0.39 is 64.8 Å². The molecule has 262 valence electrons. The van der Waals surface area contributed by atoms with Gasteiger partial charge in [0, 0.05) is 34.5 Å². The molecule has 1 unspecified atom stereocenters. The molecule has 3 aliphatic heterocycles. The van der Waals surface area contributed by atoms with Crippen molar-refractivity contribution in [2.24, 2.45) is 5.41 Å². The molecule has 3 fully saturated rings. The molecule has 1 aromatic rings. The highest BCUT2D eigenvalue weighted by molar-refractivity contribution is 6.38. The number of hydroxylamine groups is 1. The lowest BCUT2D eigenvalue weighted by atomic mass is 9.85. The number of Topliss-reactive ketones (excluding diaryl/α,β-unsaturated/α-hetero) is 1. The topological polar surface area (TPSA) is 164 Å². The molecular formula is C33H43Cl2N5O8. The summed E-state index contributed by atoms with van der Waals surface area (Å²) in [4.78, 5) is 74.6. The van der Waals surface area contributed by atoms with Gasteiger partial charge in [-0.3, -0.25) is 29.5 Å². The monoisotopic (exact) mass is 707 g/mol. The number of hydrogen-bond acceptors (Lipinski definition) is 9. The van der Waals surface area contributed by atoms with Crippen molar-refractivity contribution >= 4 is 58.5 Å². The predicted octanol–water partition coefficient (Wildman–Crippen LogP) is 3.27. The van der Waals surface area contributed by atoms with Crippen LogP contribution in [0.5, 0.6) is 0 Å². The Morgan fingerprint density at radius 2 is 1.79 bits per heavy atom. The lowest BCUT2D eigenvalue weighted by Gasteiger charge is -2.35. The molecule has 0 radical (unpaired) electrons. The van der Waals surface area contributed by atoms with Gasteiger partial charge in [-0.2, -0.15) is 0 Å². The molecule has 1 spiro atoms. The molecule has 13 nitrogen and oxygen atoms in total. The van der Waals surface area contributed by atoms with Crippen molar-refractivity contribution in [1.82, 2.24) is 26.3 Å². The van der Waals surface area contributed by atoms with Crippen LogP contribution in [0.2, 0.25) is 10.0 Å². The second-order valence-corrected chi connectivity index (χ2v) is 14.8. The molecule has 4 N–H and O–H groups in total. The Labute approximate surface area is 289 Å². The Morgan fingerprint density at radius 1 is 1.08 bits per heavy atom. The Hall–Kier alpha value is -3.39. The Bertz CT molecular complexity index is 1450. The van der Waals surface area contributed by atoms with Gasteiger partial charge < -0.3 is 30.3 Å². The maximum absolute atomic E-state index is 14.4. The number of amides is 4. The van der Waals surface area contributed by atoms with Crippen LogP contribution in [0.15, 0.2) is 24.3 Å². The van der Waals surface area contributed by atoms with Crippen molar-refractivity contribution in [3.8, 4) is 0 Å². The SMILES string of the molecule is CCC[C@H](NC(=O)C1C[C@@]2(C=C(c3cc(Cl)cc(Cl)c3)NO2)CN1C(=O)[C@@H](NC(=O)O[C@H]1CCOC1)C(C)(C)C)C(=O)C(=O)NC1CC1. The minimum absolute atomic E-state index is 0.0113. The number of likely N-dealkylation sites (tertiary alicyclic amines) is 1. The highest BCUT2D eigenvalue weighted by atomic mass is 35.5. The summed E-state index contributed by atoms with van der Waals surface area (Å²) in [5, 5.41) is 8.97. The first-order valence-electron chi connectivity index (χ1n) is 16.3. The van der Waals surface area contributed by atoms with Gasteiger partial charge in [0.05, 0.1) is 31.5 Å². The van der Waals surface area contributed by atoms with E-state index in [4.69, 9.17) is 37.5 Å². The van der Waals surface area contributed by atoms with Crippen LogP contribution in [0.25, 0.3) is 5.70 Å². The van der Waals surface area contributed by atoms with Crippen molar-refractivity contribution in [1.29, 1.82) is 0 Å². The zero-order valence-electron chi connectivity index (χ0n) is 27.5. The minimum Gasteiger partial charge on any atom is -0.444 e. The minimum atomic E-state index is -1.17. The van der Waals surface area contributed by atoms with E-state index in [-0.39, 0.29) is 32.0 Å². The van der Waals surface area contributed by atoms with Gasteiger partial charge in [0.15, 0.2) is 0 Å². The summed E-state index contributed by atoms with van der Waals surface area (Å²) >= 11 is 12.5. The molecule has 2 saturated heterocycles. The number of alkyl carbamates (subject to hydrolysis) is 1. The molecule has 5 rings (SSSR count). The molecule has 4 aliphatic rings. The van der Waals surface area contributed by atoms with Gasteiger partial charge >= 0.3 is 6.09 Å². The molecular weight excluding hydrogens is 665 g/mol. The standard InChI is InChI=1S/C33H43Cl2N5O8/c1-5-6-23(26(41)29(43)36-21-7-8-21)37-28(42)25-15-33(14-24(39-48-33)18-11-19(34)13-20(35)12-18)17-40(25)30(44)27(32(2,3)4)38-31(45)47-22-9-10-46-16-22/h11-14,21-23,25,27,39H,5-10,15-17H2,1-4H3,(H,36,43)(H,37,42)(H,38,45)/t22-,23-,25?,27+,33-/m0/s1. The number of ether oxygens (including phenoxy) is 2. The highest BCUT2D eigenvalue weighted by Gasteiger charge is 2.54. The molecule has 15 heteroatoms. The molecule has 1 saturated carbocycles. The molecule has 1 aromatic carbocycles. The second-order valence-electron chi connectivity index (χ2n) is 14.0.